The quantitative estimate of drug-likeness (QED) is 0.111. The van der Waals surface area contributed by atoms with Crippen molar-refractivity contribution < 1.29 is 0 Å². The summed E-state index contributed by atoms with van der Waals surface area (Å²) in [5.74, 6) is 0. The average molecular weight is 881 g/mol. The molecule has 0 aromatic heterocycles. The predicted molar refractivity (Wildman–Crippen MR) is 294 cm³/mol. The van der Waals surface area contributed by atoms with E-state index in [0.29, 0.717) is 0 Å². The smallest absolute Gasteiger partial charge is 0.0620 e. The minimum absolute atomic E-state index is 0.245. The van der Waals surface area contributed by atoms with Gasteiger partial charge in [0.15, 0.2) is 0 Å². The molecule has 12 aromatic carbocycles. The molecule has 69 heavy (non-hydrogen) atoms. The number of nitrogens with zero attached hydrogens (tertiary/aromatic N) is 2. The molecule has 2 nitrogen and oxygen atoms in total. The SMILES string of the molecule is CC1(C)c2ccccc2-c2cc3c(N(c4ccccc4-c4ccccc4)c4cccc5ccccc45)c4ccccc4c(N(c4ccccc4-c4ccccc4)c4cccc5ccccc45)c3cc21. The number of fused-ring (bicyclic) bond motifs is 7. The maximum atomic E-state index is 2.58. The summed E-state index contributed by atoms with van der Waals surface area (Å²) in [7, 11) is 0. The Labute approximate surface area is 403 Å². The maximum absolute atomic E-state index is 2.58. The van der Waals surface area contributed by atoms with Gasteiger partial charge in [0.25, 0.3) is 0 Å². The van der Waals surface area contributed by atoms with Crippen molar-refractivity contribution in [3.8, 4) is 33.4 Å². The summed E-state index contributed by atoms with van der Waals surface area (Å²) in [4.78, 5) is 5.17. The lowest BCUT2D eigenvalue weighted by molar-refractivity contribution is 0.661. The topological polar surface area (TPSA) is 6.48 Å². The fourth-order valence-corrected chi connectivity index (χ4v) is 11.4. The second-order valence-electron chi connectivity index (χ2n) is 18.8. The lowest BCUT2D eigenvalue weighted by Crippen LogP contribution is -2.17. The van der Waals surface area contributed by atoms with Gasteiger partial charge in [-0.25, -0.2) is 0 Å². The van der Waals surface area contributed by atoms with Gasteiger partial charge in [0.2, 0.25) is 0 Å². The first kappa shape index (κ1) is 40.5. The van der Waals surface area contributed by atoms with Gasteiger partial charge in [-0.3, -0.25) is 0 Å². The van der Waals surface area contributed by atoms with Gasteiger partial charge < -0.3 is 9.80 Å². The molecular formula is C67H48N2. The third-order valence-electron chi connectivity index (χ3n) is 14.6. The van der Waals surface area contributed by atoms with Gasteiger partial charge in [-0.05, 0) is 80.6 Å². The van der Waals surface area contributed by atoms with E-state index in [4.69, 9.17) is 0 Å². The molecule has 0 fully saturated rings. The molecule has 0 radical (unpaired) electrons. The van der Waals surface area contributed by atoms with Gasteiger partial charge in [0.1, 0.15) is 0 Å². The summed E-state index contributed by atoms with van der Waals surface area (Å²) in [5, 5.41) is 9.43. The van der Waals surface area contributed by atoms with Crippen molar-refractivity contribution in [3.05, 3.63) is 266 Å². The number of benzene rings is 12. The summed E-state index contributed by atoms with van der Waals surface area (Å²) in [6.45, 7) is 4.80. The van der Waals surface area contributed by atoms with Crippen LogP contribution in [0.3, 0.4) is 0 Å². The van der Waals surface area contributed by atoms with Crippen LogP contribution in [0, 0.1) is 0 Å². The van der Waals surface area contributed by atoms with Crippen LogP contribution in [0.25, 0.3) is 76.5 Å². The highest BCUT2D eigenvalue weighted by atomic mass is 15.2. The Balaban J connectivity index is 1.25. The molecule has 0 N–H and O–H groups in total. The highest BCUT2D eigenvalue weighted by molar-refractivity contribution is 6.26. The van der Waals surface area contributed by atoms with Crippen molar-refractivity contribution in [1.82, 2.24) is 0 Å². The molecule has 2 heteroatoms. The second kappa shape index (κ2) is 16.3. The van der Waals surface area contributed by atoms with Crippen molar-refractivity contribution in [2.75, 3.05) is 9.80 Å². The molecule has 0 bridgehead atoms. The van der Waals surface area contributed by atoms with Crippen LogP contribution in [-0.2, 0) is 5.41 Å². The first-order valence-electron chi connectivity index (χ1n) is 24.0. The molecule has 0 saturated heterocycles. The molecule has 1 aliphatic carbocycles. The molecule has 12 aromatic rings. The van der Waals surface area contributed by atoms with Crippen molar-refractivity contribution in [3.63, 3.8) is 0 Å². The summed E-state index contributed by atoms with van der Waals surface area (Å²) in [6, 6.07) is 94.1. The summed E-state index contributed by atoms with van der Waals surface area (Å²) in [5.41, 5.74) is 16.4. The Bertz CT molecular complexity index is 3930. The van der Waals surface area contributed by atoms with Gasteiger partial charge in [0, 0.05) is 48.9 Å². The highest BCUT2D eigenvalue weighted by Gasteiger charge is 2.38. The van der Waals surface area contributed by atoms with Crippen molar-refractivity contribution in [2.24, 2.45) is 0 Å². The van der Waals surface area contributed by atoms with E-state index in [0.717, 1.165) is 56.0 Å². The lowest BCUT2D eigenvalue weighted by atomic mass is 9.81. The summed E-state index contributed by atoms with van der Waals surface area (Å²) in [6.07, 6.45) is 0. The van der Waals surface area contributed by atoms with Crippen LogP contribution in [0.4, 0.5) is 34.1 Å². The molecule has 0 spiro atoms. The lowest BCUT2D eigenvalue weighted by Gasteiger charge is -2.35. The van der Waals surface area contributed by atoms with E-state index >= 15 is 0 Å². The molecule has 1 aliphatic rings. The molecule has 13 rings (SSSR count). The fourth-order valence-electron chi connectivity index (χ4n) is 11.4. The van der Waals surface area contributed by atoms with Gasteiger partial charge in [-0.1, -0.05) is 232 Å². The van der Waals surface area contributed by atoms with Crippen LogP contribution in [0.15, 0.2) is 255 Å². The minimum Gasteiger partial charge on any atom is -0.308 e. The van der Waals surface area contributed by atoms with E-state index < -0.39 is 0 Å². The van der Waals surface area contributed by atoms with Crippen LogP contribution in [0.5, 0.6) is 0 Å². The third-order valence-corrected chi connectivity index (χ3v) is 14.6. The van der Waals surface area contributed by atoms with Crippen molar-refractivity contribution in [1.29, 1.82) is 0 Å². The molecule has 0 aliphatic heterocycles. The van der Waals surface area contributed by atoms with E-state index in [1.165, 1.54) is 65.7 Å². The summed E-state index contributed by atoms with van der Waals surface area (Å²) < 4.78 is 0. The van der Waals surface area contributed by atoms with Crippen LogP contribution in [0.1, 0.15) is 25.0 Å². The van der Waals surface area contributed by atoms with Crippen LogP contribution < -0.4 is 9.80 Å². The van der Waals surface area contributed by atoms with Gasteiger partial charge in [-0.2, -0.15) is 0 Å². The second-order valence-corrected chi connectivity index (χ2v) is 18.8. The first-order valence-corrected chi connectivity index (χ1v) is 24.0. The van der Waals surface area contributed by atoms with Gasteiger partial charge >= 0.3 is 0 Å². The Morgan fingerprint density at radius 1 is 0.261 bits per heavy atom. The van der Waals surface area contributed by atoms with E-state index in [-0.39, 0.29) is 5.41 Å². The van der Waals surface area contributed by atoms with Crippen LogP contribution in [0.2, 0.25) is 0 Å². The van der Waals surface area contributed by atoms with Gasteiger partial charge in [0.05, 0.1) is 34.1 Å². The number of rotatable bonds is 8. The highest BCUT2D eigenvalue weighted by Crippen LogP contribution is 2.58. The zero-order chi connectivity index (χ0) is 46.1. The molecule has 0 atom stereocenters. The zero-order valence-corrected chi connectivity index (χ0v) is 38.6. The van der Waals surface area contributed by atoms with Crippen LogP contribution in [-0.4, -0.2) is 0 Å². The molecule has 0 heterocycles. The monoisotopic (exact) mass is 880 g/mol. The Morgan fingerprint density at radius 2 is 0.638 bits per heavy atom. The van der Waals surface area contributed by atoms with E-state index in [9.17, 15) is 0 Å². The molecule has 326 valence electrons. The zero-order valence-electron chi connectivity index (χ0n) is 38.6. The molecule has 0 amide bonds. The van der Waals surface area contributed by atoms with E-state index in [1.54, 1.807) is 0 Å². The van der Waals surface area contributed by atoms with E-state index in [2.05, 4.69) is 278 Å². The number of hydrogen-bond acceptors (Lipinski definition) is 2. The molecular weight excluding hydrogens is 833 g/mol. The van der Waals surface area contributed by atoms with Crippen LogP contribution >= 0.6 is 0 Å². The number of para-hydroxylation sites is 2. The Kier molecular flexibility index (Phi) is 9.55. The van der Waals surface area contributed by atoms with Gasteiger partial charge in [-0.15, -0.1) is 0 Å². The largest absolute Gasteiger partial charge is 0.308 e. The Hall–Kier alpha value is -8.72. The minimum atomic E-state index is -0.245. The Morgan fingerprint density at radius 3 is 1.16 bits per heavy atom. The standard InChI is InChI=1S/C67H48N2/c1-67(2)59-38-18-15-35-53(59)56-43-57-58(44-60(56)67)66(69(64-42-22-30-48-28-10-12-32-52(48)64)62-40-20-17-34-50(62)46-25-7-4-8-26-46)55-37-14-13-36-54(55)65(57)68(63-41-21-29-47-27-9-11-31-51(47)63)61-39-19-16-33-49(61)45-23-5-3-6-24-45/h3-44H,1-2H3. The van der Waals surface area contributed by atoms with E-state index in [1.807, 2.05) is 0 Å². The van der Waals surface area contributed by atoms with Crippen molar-refractivity contribution >= 4 is 77.2 Å². The average Bonchev–Trinajstić information content (AvgIpc) is 3.64. The van der Waals surface area contributed by atoms with Crippen molar-refractivity contribution in [2.45, 2.75) is 19.3 Å². The fraction of sp³-hybridized carbons (Fsp3) is 0.0448. The number of anilines is 6. The molecule has 0 unspecified atom stereocenters. The summed E-state index contributed by atoms with van der Waals surface area (Å²) >= 11 is 0. The predicted octanol–water partition coefficient (Wildman–Crippen LogP) is 18.9. The third kappa shape index (κ3) is 6.48. The first-order chi connectivity index (χ1) is 34.0. The maximum Gasteiger partial charge on any atom is 0.0620 e. The number of hydrogen-bond donors (Lipinski definition) is 0. The molecule has 0 saturated carbocycles. The normalized spacial score (nSPS) is 12.6.